The number of hydrogen-bond donors (Lipinski definition) is 0. The molecule has 0 aliphatic carbocycles. The lowest BCUT2D eigenvalue weighted by atomic mass is 9.98. The summed E-state index contributed by atoms with van der Waals surface area (Å²) in [6.07, 6.45) is 1.09. The van der Waals surface area contributed by atoms with Gasteiger partial charge < -0.3 is 4.90 Å². The van der Waals surface area contributed by atoms with Crippen LogP contribution in [-0.4, -0.2) is 12.6 Å². The van der Waals surface area contributed by atoms with E-state index in [2.05, 4.69) is 60.8 Å². The molecule has 0 aliphatic rings. The van der Waals surface area contributed by atoms with Crippen molar-refractivity contribution in [1.82, 2.24) is 0 Å². The first-order valence-electron chi connectivity index (χ1n) is 5.50. The zero-order chi connectivity index (χ0) is 12.3. The van der Waals surface area contributed by atoms with Gasteiger partial charge in [0.1, 0.15) is 0 Å². The highest BCUT2D eigenvalue weighted by Gasteiger charge is 2.23. The zero-order valence-corrected chi connectivity index (χ0v) is 12.7. The lowest BCUT2D eigenvalue weighted by molar-refractivity contribution is 0.470. The zero-order valence-electron chi connectivity index (χ0n) is 10.3. The van der Waals surface area contributed by atoms with Crippen LogP contribution in [0.5, 0.6) is 0 Å². The molecule has 3 heteroatoms. The van der Waals surface area contributed by atoms with E-state index in [0.29, 0.717) is 5.88 Å². The van der Waals surface area contributed by atoms with Crippen LogP contribution in [0.25, 0.3) is 0 Å². The molecule has 0 saturated heterocycles. The van der Waals surface area contributed by atoms with Gasteiger partial charge in [0.2, 0.25) is 0 Å². The van der Waals surface area contributed by atoms with Gasteiger partial charge in [-0.25, -0.2) is 0 Å². The molecule has 1 aromatic carbocycles. The van der Waals surface area contributed by atoms with Crippen LogP contribution in [0.4, 0.5) is 5.69 Å². The largest absolute Gasteiger partial charge is 0.369 e. The Bertz CT molecular complexity index is 363. The number of nitrogens with zero attached hydrogens (tertiary/aromatic N) is 1. The van der Waals surface area contributed by atoms with Gasteiger partial charge in [-0.2, -0.15) is 0 Å². The van der Waals surface area contributed by atoms with Crippen LogP contribution >= 0.6 is 27.5 Å². The van der Waals surface area contributed by atoms with Crippen molar-refractivity contribution in [2.24, 2.45) is 0 Å². The summed E-state index contributed by atoms with van der Waals surface area (Å²) in [4.78, 5) is 2.30. The molecule has 1 rings (SSSR count). The molecule has 16 heavy (non-hydrogen) atoms. The highest BCUT2D eigenvalue weighted by atomic mass is 79.9. The van der Waals surface area contributed by atoms with Gasteiger partial charge in [0.15, 0.2) is 0 Å². The van der Waals surface area contributed by atoms with Crippen LogP contribution in [0.3, 0.4) is 0 Å². The van der Waals surface area contributed by atoms with E-state index in [0.717, 1.165) is 10.9 Å². The molecule has 0 fully saturated rings. The third kappa shape index (κ3) is 2.92. The Kier molecular flexibility index (Phi) is 4.69. The second kappa shape index (κ2) is 5.42. The molecule has 0 N–H and O–H groups in total. The summed E-state index contributed by atoms with van der Waals surface area (Å²) in [6, 6.07) is 6.25. The van der Waals surface area contributed by atoms with E-state index in [1.54, 1.807) is 0 Å². The molecule has 0 unspecified atom stereocenters. The van der Waals surface area contributed by atoms with Crippen LogP contribution in [-0.2, 0) is 5.88 Å². The second-order valence-corrected chi connectivity index (χ2v) is 5.81. The van der Waals surface area contributed by atoms with E-state index in [4.69, 9.17) is 11.6 Å². The van der Waals surface area contributed by atoms with Gasteiger partial charge in [-0.1, -0.05) is 28.9 Å². The van der Waals surface area contributed by atoms with E-state index in [1.165, 1.54) is 11.3 Å². The molecule has 1 nitrogen and oxygen atoms in total. The van der Waals surface area contributed by atoms with E-state index in [9.17, 15) is 0 Å². The van der Waals surface area contributed by atoms with Gasteiger partial charge in [-0.05, 0) is 38.0 Å². The summed E-state index contributed by atoms with van der Waals surface area (Å²) >= 11 is 9.49. The van der Waals surface area contributed by atoms with E-state index in [-0.39, 0.29) is 5.54 Å². The minimum Gasteiger partial charge on any atom is -0.369 e. The summed E-state index contributed by atoms with van der Waals surface area (Å²) in [5.74, 6) is 0.548. The quantitative estimate of drug-likeness (QED) is 0.721. The second-order valence-electron chi connectivity index (χ2n) is 4.63. The van der Waals surface area contributed by atoms with Crippen molar-refractivity contribution in [3.8, 4) is 0 Å². The fourth-order valence-electron chi connectivity index (χ4n) is 1.53. The van der Waals surface area contributed by atoms with Crippen LogP contribution in [0.15, 0.2) is 22.7 Å². The smallest absolute Gasteiger partial charge is 0.0494 e. The molecular weight excluding hydrogens is 286 g/mol. The van der Waals surface area contributed by atoms with Crippen molar-refractivity contribution in [2.75, 3.05) is 11.9 Å². The number of hydrogen-bond acceptors (Lipinski definition) is 1. The number of rotatable bonds is 4. The van der Waals surface area contributed by atoms with Crippen molar-refractivity contribution in [1.29, 1.82) is 0 Å². The molecule has 0 spiro atoms. The first-order valence-corrected chi connectivity index (χ1v) is 6.83. The standard InChI is InChI=1S/C13H19BrClN/c1-5-13(2,3)16(4)12-8-11(14)7-6-10(12)9-15/h6-8H,5,9H2,1-4H3. The van der Waals surface area contributed by atoms with Crippen LogP contribution in [0, 0.1) is 0 Å². The van der Waals surface area contributed by atoms with Gasteiger partial charge in [0.05, 0.1) is 0 Å². The van der Waals surface area contributed by atoms with Crippen molar-refractivity contribution in [2.45, 2.75) is 38.6 Å². The summed E-state index contributed by atoms with van der Waals surface area (Å²) in [7, 11) is 2.13. The molecule has 0 radical (unpaired) electrons. The van der Waals surface area contributed by atoms with Gasteiger partial charge in [-0.15, -0.1) is 11.6 Å². The summed E-state index contributed by atoms with van der Waals surface area (Å²) in [6.45, 7) is 6.69. The molecule has 0 bridgehead atoms. The Morgan fingerprint density at radius 1 is 1.38 bits per heavy atom. The Hall–Kier alpha value is -0.210. The fourth-order valence-corrected chi connectivity index (χ4v) is 2.10. The topological polar surface area (TPSA) is 3.24 Å². The molecule has 0 amide bonds. The van der Waals surface area contributed by atoms with E-state index in [1.807, 2.05) is 6.07 Å². The van der Waals surface area contributed by atoms with Crippen LogP contribution in [0.2, 0.25) is 0 Å². The number of halogens is 2. The average Bonchev–Trinajstić information content (AvgIpc) is 2.28. The molecule has 0 heterocycles. The fraction of sp³-hybridized carbons (Fsp3) is 0.538. The maximum atomic E-state index is 5.98. The van der Waals surface area contributed by atoms with Gasteiger partial charge >= 0.3 is 0 Å². The number of benzene rings is 1. The third-order valence-electron chi connectivity index (χ3n) is 3.33. The van der Waals surface area contributed by atoms with Crippen LogP contribution in [0.1, 0.15) is 32.8 Å². The summed E-state index contributed by atoms with van der Waals surface area (Å²) in [5.41, 5.74) is 2.52. The Labute approximate surface area is 112 Å². The molecule has 0 aromatic heterocycles. The minimum atomic E-state index is 0.140. The molecule has 0 atom stereocenters. The monoisotopic (exact) mass is 303 g/mol. The average molecular weight is 305 g/mol. The highest BCUT2D eigenvalue weighted by Crippen LogP contribution is 2.31. The summed E-state index contributed by atoms with van der Waals surface area (Å²) < 4.78 is 1.09. The minimum absolute atomic E-state index is 0.140. The SMILES string of the molecule is CCC(C)(C)N(C)c1cc(Br)ccc1CCl. The van der Waals surface area contributed by atoms with Gasteiger partial charge in [0.25, 0.3) is 0 Å². The lowest BCUT2D eigenvalue weighted by Crippen LogP contribution is -2.41. The highest BCUT2D eigenvalue weighted by molar-refractivity contribution is 9.10. The van der Waals surface area contributed by atoms with Crippen molar-refractivity contribution in [3.63, 3.8) is 0 Å². The Morgan fingerprint density at radius 3 is 2.50 bits per heavy atom. The molecule has 0 aliphatic heterocycles. The maximum absolute atomic E-state index is 5.98. The third-order valence-corrected chi connectivity index (χ3v) is 4.11. The van der Waals surface area contributed by atoms with Crippen molar-refractivity contribution >= 4 is 33.2 Å². The van der Waals surface area contributed by atoms with E-state index >= 15 is 0 Å². The first kappa shape index (κ1) is 13.9. The lowest BCUT2D eigenvalue weighted by Gasteiger charge is -2.38. The first-order chi connectivity index (χ1) is 7.42. The molecule has 0 saturated carbocycles. The van der Waals surface area contributed by atoms with Gasteiger partial charge in [0, 0.05) is 28.6 Å². The normalized spacial score (nSPS) is 11.6. The Balaban J connectivity index is 3.16. The predicted octanol–water partition coefficient (Wildman–Crippen LogP) is 4.81. The van der Waals surface area contributed by atoms with Gasteiger partial charge in [-0.3, -0.25) is 0 Å². The van der Waals surface area contributed by atoms with E-state index < -0.39 is 0 Å². The maximum Gasteiger partial charge on any atom is 0.0494 e. The van der Waals surface area contributed by atoms with Crippen LogP contribution < -0.4 is 4.90 Å². The summed E-state index contributed by atoms with van der Waals surface area (Å²) in [5, 5.41) is 0. The molecule has 90 valence electrons. The number of alkyl halides is 1. The van der Waals surface area contributed by atoms with Crippen molar-refractivity contribution in [3.05, 3.63) is 28.2 Å². The molecule has 1 aromatic rings. The molecular formula is C13H19BrClN. The predicted molar refractivity (Wildman–Crippen MR) is 76.5 cm³/mol. The van der Waals surface area contributed by atoms with Crippen molar-refractivity contribution < 1.29 is 0 Å². The number of anilines is 1. The Morgan fingerprint density at radius 2 is 2.00 bits per heavy atom.